The van der Waals surface area contributed by atoms with E-state index in [2.05, 4.69) is 9.44 Å². The molecule has 0 radical (unpaired) electrons. The molecule has 0 amide bonds. The van der Waals surface area contributed by atoms with E-state index in [0.29, 0.717) is 5.69 Å². The SMILES string of the molecule is O=S(=O)(Nc1ccc(S(=O)(=O)NC2CC2)cc1)c1ccc2c(c1)CCCC2. The topological polar surface area (TPSA) is 92.3 Å². The highest BCUT2D eigenvalue weighted by Crippen LogP contribution is 2.26. The highest BCUT2D eigenvalue weighted by molar-refractivity contribution is 7.92. The minimum absolute atomic E-state index is 0.0252. The minimum atomic E-state index is -3.72. The summed E-state index contributed by atoms with van der Waals surface area (Å²) in [5, 5.41) is 0. The van der Waals surface area contributed by atoms with Crippen molar-refractivity contribution in [2.45, 2.75) is 54.4 Å². The van der Waals surface area contributed by atoms with E-state index in [1.165, 1.54) is 29.8 Å². The van der Waals surface area contributed by atoms with Crippen molar-refractivity contribution in [3.8, 4) is 0 Å². The molecule has 2 N–H and O–H groups in total. The van der Waals surface area contributed by atoms with Gasteiger partial charge < -0.3 is 0 Å². The standard InChI is InChI=1S/C19H22N2O4S2/c22-26(23,20-16-6-7-16)18-11-8-17(9-12-18)21-27(24,25)19-10-5-14-3-1-2-4-15(14)13-19/h5,8-13,16,20-21H,1-4,6-7H2. The smallest absolute Gasteiger partial charge is 0.261 e. The molecule has 27 heavy (non-hydrogen) atoms. The van der Waals surface area contributed by atoms with Gasteiger partial charge in [-0.2, -0.15) is 0 Å². The van der Waals surface area contributed by atoms with E-state index in [1.807, 2.05) is 6.07 Å². The molecule has 4 rings (SSSR count). The molecule has 0 aliphatic heterocycles. The summed E-state index contributed by atoms with van der Waals surface area (Å²) in [6.45, 7) is 0. The van der Waals surface area contributed by atoms with E-state index in [4.69, 9.17) is 0 Å². The lowest BCUT2D eigenvalue weighted by Gasteiger charge is -2.17. The van der Waals surface area contributed by atoms with Crippen LogP contribution in [0.4, 0.5) is 5.69 Å². The van der Waals surface area contributed by atoms with E-state index in [1.54, 1.807) is 12.1 Å². The first-order valence-electron chi connectivity index (χ1n) is 9.10. The summed E-state index contributed by atoms with van der Waals surface area (Å²) in [5.41, 5.74) is 2.65. The van der Waals surface area contributed by atoms with Crippen LogP contribution in [-0.2, 0) is 32.9 Å². The number of hydrogen-bond acceptors (Lipinski definition) is 4. The molecule has 2 aliphatic carbocycles. The molecular formula is C19H22N2O4S2. The zero-order chi connectivity index (χ0) is 19.1. The van der Waals surface area contributed by atoms with Gasteiger partial charge in [0.25, 0.3) is 10.0 Å². The first-order valence-corrected chi connectivity index (χ1v) is 12.1. The van der Waals surface area contributed by atoms with E-state index < -0.39 is 20.0 Å². The predicted molar refractivity (Wildman–Crippen MR) is 104 cm³/mol. The monoisotopic (exact) mass is 406 g/mol. The van der Waals surface area contributed by atoms with Crippen LogP contribution in [-0.4, -0.2) is 22.9 Å². The van der Waals surface area contributed by atoms with Crippen LogP contribution in [0.15, 0.2) is 52.3 Å². The zero-order valence-electron chi connectivity index (χ0n) is 14.8. The number of rotatable bonds is 6. The van der Waals surface area contributed by atoms with Crippen LogP contribution < -0.4 is 9.44 Å². The molecule has 144 valence electrons. The molecule has 6 nitrogen and oxygen atoms in total. The number of sulfonamides is 2. The summed E-state index contributed by atoms with van der Waals surface area (Å²) >= 11 is 0. The van der Waals surface area contributed by atoms with Gasteiger partial charge in [0, 0.05) is 11.7 Å². The van der Waals surface area contributed by atoms with Crippen LogP contribution in [0.3, 0.4) is 0 Å². The van der Waals surface area contributed by atoms with Crippen molar-refractivity contribution in [2.75, 3.05) is 4.72 Å². The average molecular weight is 407 g/mol. The van der Waals surface area contributed by atoms with Crippen LogP contribution in [0.2, 0.25) is 0 Å². The summed E-state index contributed by atoms with van der Waals surface area (Å²) in [5.74, 6) is 0. The first-order chi connectivity index (χ1) is 12.8. The largest absolute Gasteiger partial charge is 0.280 e. The van der Waals surface area contributed by atoms with Crippen LogP contribution in [0.5, 0.6) is 0 Å². The van der Waals surface area contributed by atoms with Crippen molar-refractivity contribution < 1.29 is 16.8 Å². The lowest BCUT2D eigenvalue weighted by Crippen LogP contribution is -2.25. The number of fused-ring (bicyclic) bond motifs is 1. The summed E-state index contributed by atoms with van der Waals surface area (Å²) < 4.78 is 54.9. The van der Waals surface area contributed by atoms with Gasteiger partial charge in [0.1, 0.15) is 0 Å². The normalized spacial score (nSPS) is 17.3. The number of aryl methyl sites for hydroxylation is 2. The second-order valence-corrected chi connectivity index (χ2v) is 10.6. The fraction of sp³-hybridized carbons (Fsp3) is 0.368. The average Bonchev–Trinajstić information content (AvgIpc) is 3.45. The van der Waals surface area contributed by atoms with Crippen molar-refractivity contribution in [3.05, 3.63) is 53.6 Å². The molecule has 0 saturated heterocycles. The lowest BCUT2D eigenvalue weighted by molar-refractivity contribution is 0.581. The van der Waals surface area contributed by atoms with Crippen LogP contribution in [0.25, 0.3) is 0 Å². The lowest BCUT2D eigenvalue weighted by atomic mass is 9.92. The Hall–Kier alpha value is -1.90. The molecule has 0 aromatic heterocycles. The van der Waals surface area contributed by atoms with Gasteiger partial charge in [-0.05, 0) is 86.1 Å². The van der Waals surface area contributed by atoms with Gasteiger partial charge in [-0.25, -0.2) is 21.6 Å². The number of nitrogens with one attached hydrogen (secondary N) is 2. The summed E-state index contributed by atoms with van der Waals surface area (Å²) in [6.07, 6.45) is 5.83. The van der Waals surface area contributed by atoms with E-state index in [0.717, 1.165) is 44.1 Å². The first kappa shape index (κ1) is 18.5. The Morgan fingerprint density at radius 1 is 0.741 bits per heavy atom. The van der Waals surface area contributed by atoms with Gasteiger partial charge in [-0.3, -0.25) is 4.72 Å². The van der Waals surface area contributed by atoms with Crippen molar-refractivity contribution in [3.63, 3.8) is 0 Å². The maximum absolute atomic E-state index is 12.7. The molecule has 2 aliphatic rings. The number of benzene rings is 2. The van der Waals surface area contributed by atoms with Gasteiger partial charge in [-0.15, -0.1) is 0 Å². The van der Waals surface area contributed by atoms with Crippen molar-refractivity contribution >= 4 is 25.7 Å². The van der Waals surface area contributed by atoms with Crippen molar-refractivity contribution in [2.24, 2.45) is 0 Å². The molecule has 0 bridgehead atoms. The summed E-state index contributed by atoms with van der Waals surface area (Å²) in [4.78, 5) is 0.362. The molecule has 0 heterocycles. The third kappa shape index (κ3) is 4.17. The predicted octanol–water partition coefficient (Wildman–Crippen LogP) is 2.81. The minimum Gasteiger partial charge on any atom is -0.280 e. The number of hydrogen-bond donors (Lipinski definition) is 2. The van der Waals surface area contributed by atoms with Crippen molar-refractivity contribution in [1.82, 2.24) is 4.72 Å². The van der Waals surface area contributed by atoms with Gasteiger partial charge in [-0.1, -0.05) is 6.07 Å². The second-order valence-electron chi connectivity index (χ2n) is 7.16. The Morgan fingerprint density at radius 2 is 1.37 bits per heavy atom. The molecular weight excluding hydrogens is 384 g/mol. The fourth-order valence-corrected chi connectivity index (χ4v) is 5.70. The zero-order valence-corrected chi connectivity index (χ0v) is 16.4. The van der Waals surface area contributed by atoms with Crippen LogP contribution in [0.1, 0.15) is 36.8 Å². The molecule has 1 saturated carbocycles. The highest BCUT2D eigenvalue weighted by Gasteiger charge is 2.28. The van der Waals surface area contributed by atoms with Crippen molar-refractivity contribution in [1.29, 1.82) is 0 Å². The van der Waals surface area contributed by atoms with Gasteiger partial charge >= 0.3 is 0 Å². The van der Waals surface area contributed by atoms with Crippen LogP contribution in [0, 0.1) is 0 Å². The molecule has 0 spiro atoms. The Bertz CT molecular complexity index is 1060. The maximum Gasteiger partial charge on any atom is 0.261 e. The van der Waals surface area contributed by atoms with Gasteiger partial charge in [0.15, 0.2) is 0 Å². The summed E-state index contributed by atoms with van der Waals surface area (Å²) in [7, 11) is -7.27. The van der Waals surface area contributed by atoms with Gasteiger partial charge in [0.2, 0.25) is 10.0 Å². The Balaban J connectivity index is 1.52. The third-order valence-corrected chi connectivity index (χ3v) is 7.86. The van der Waals surface area contributed by atoms with Gasteiger partial charge in [0.05, 0.1) is 9.79 Å². The molecule has 0 atom stereocenters. The molecule has 1 fully saturated rings. The molecule has 8 heteroatoms. The van der Waals surface area contributed by atoms with E-state index in [9.17, 15) is 16.8 Å². The molecule has 2 aromatic rings. The Labute approximate surface area is 160 Å². The quantitative estimate of drug-likeness (QED) is 0.772. The second kappa shape index (κ2) is 6.92. The van der Waals surface area contributed by atoms with Crippen LogP contribution >= 0.6 is 0 Å². The molecule has 2 aromatic carbocycles. The fourth-order valence-electron chi connectivity index (χ4n) is 3.28. The third-order valence-electron chi connectivity index (χ3n) is 4.95. The summed E-state index contributed by atoms with van der Waals surface area (Å²) in [6, 6.07) is 11.1. The maximum atomic E-state index is 12.7. The Kier molecular flexibility index (Phi) is 4.73. The van der Waals surface area contributed by atoms with E-state index >= 15 is 0 Å². The number of anilines is 1. The van der Waals surface area contributed by atoms with E-state index in [-0.39, 0.29) is 15.8 Å². The highest BCUT2D eigenvalue weighted by atomic mass is 32.2. The molecule has 0 unspecified atom stereocenters. The Morgan fingerprint density at radius 3 is 2.04 bits per heavy atom.